The lowest BCUT2D eigenvalue weighted by atomic mass is 9.47. The first-order chi connectivity index (χ1) is 19.5. The number of hydrogen-bond acceptors (Lipinski definition) is 8. The topological polar surface area (TPSA) is 123 Å². The molecule has 6 fully saturated rings. The lowest BCUT2D eigenvalue weighted by molar-refractivity contribution is -0.313. The predicted octanol–water partition coefficient (Wildman–Crippen LogP) is 2.45. The highest BCUT2D eigenvalue weighted by Crippen LogP contribution is 2.70. The highest BCUT2D eigenvalue weighted by molar-refractivity contribution is 5.27. The van der Waals surface area contributed by atoms with Gasteiger partial charge in [0.2, 0.25) is 0 Å². The van der Waals surface area contributed by atoms with E-state index in [4.69, 9.17) is 9.47 Å². The molecule has 4 aliphatic carbocycles. The number of aliphatic hydroxyl groups excluding tert-OH is 5. The van der Waals surface area contributed by atoms with E-state index in [0.717, 1.165) is 44.6 Å². The van der Waals surface area contributed by atoms with Crippen molar-refractivity contribution in [1.82, 2.24) is 4.90 Å². The lowest BCUT2D eigenvalue weighted by Crippen LogP contribution is -2.60. The van der Waals surface area contributed by atoms with E-state index in [2.05, 4.69) is 38.7 Å². The predicted molar refractivity (Wildman–Crippen MR) is 152 cm³/mol. The molecule has 0 aromatic heterocycles. The molecule has 0 spiro atoms. The number of fused-ring (bicyclic) bond motifs is 9. The van der Waals surface area contributed by atoms with Crippen molar-refractivity contribution in [3.63, 3.8) is 0 Å². The second kappa shape index (κ2) is 10.2. The van der Waals surface area contributed by atoms with Gasteiger partial charge >= 0.3 is 0 Å². The van der Waals surface area contributed by atoms with Gasteiger partial charge in [-0.2, -0.15) is 0 Å². The average molecular weight is 576 g/mol. The van der Waals surface area contributed by atoms with Crippen molar-refractivity contribution in [3.05, 3.63) is 11.6 Å². The molecule has 232 valence electrons. The van der Waals surface area contributed by atoms with Crippen LogP contribution >= 0.6 is 0 Å². The zero-order valence-corrected chi connectivity index (χ0v) is 25.3. The molecular weight excluding hydrogens is 522 g/mol. The molecule has 5 N–H and O–H groups in total. The van der Waals surface area contributed by atoms with Crippen molar-refractivity contribution in [2.75, 3.05) is 13.2 Å². The van der Waals surface area contributed by atoms with Crippen molar-refractivity contribution >= 4 is 0 Å². The van der Waals surface area contributed by atoms with Gasteiger partial charge in [-0.05, 0) is 97.7 Å². The summed E-state index contributed by atoms with van der Waals surface area (Å²) in [4.78, 5) is 2.75. The number of allylic oxidation sites excluding steroid dienone is 1. The Hall–Kier alpha value is -0.580. The van der Waals surface area contributed by atoms with Crippen LogP contribution < -0.4 is 0 Å². The van der Waals surface area contributed by atoms with Crippen LogP contribution in [-0.4, -0.2) is 98.6 Å². The number of nitrogens with zero attached hydrogens (tertiary/aromatic N) is 1. The third kappa shape index (κ3) is 4.22. The van der Waals surface area contributed by atoms with Crippen LogP contribution in [0.1, 0.15) is 79.1 Å². The van der Waals surface area contributed by atoms with E-state index >= 15 is 0 Å². The van der Waals surface area contributed by atoms with Gasteiger partial charge in [-0.3, -0.25) is 4.90 Å². The molecular formula is C33H53NO7. The van der Waals surface area contributed by atoms with Crippen LogP contribution in [-0.2, 0) is 9.47 Å². The minimum atomic E-state index is -1.41. The Bertz CT molecular complexity index is 1040. The largest absolute Gasteiger partial charge is 0.394 e. The molecule has 0 unspecified atom stereocenters. The number of aliphatic hydroxyl groups is 5. The number of rotatable bonds is 3. The molecule has 3 saturated carbocycles. The number of hydrogen-bond donors (Lipinski definition) is 5. The average Bonchev–Trinajstić information content (AvgIpc) is 3.40. The van der Waals surface area contributed by atoms with Crippen molar-refractivity contribution in [3.8, 4) is 0 Å². The van der Waals surface area contributed by atoms with Crippen molar-refractivity contribution in [2.24, 2.45) is 46.3 Å². The number of piperidine rings is 1. The van der Waals surface area contributed by atoms with Crippen LogP contribution in [0.3, 0.4) is 0 Å². The summed E-state index contributed by atoms with van der Waals surface area (Å²) < 4.78 is 11.9. The summed E-state index contributed by atoms with van der Waals surface area (Å²) in [7, 11) is 0. The zero-order valence-electron chi connectivity index (χ0n) is 25.3. The van der Waals surface area contributed by atoms with E-state index < -0.39 is 37.3 Å². The first kappa shape index (κ1) is 29.1. The summed E-state index contributed by atoms with van der Waals surface area (Å²) in [6.07, 6.45) is 4.66. The van der Waals surface area contributed by atoms with E-state index in [9.17, 15) is 25.5 Å². The van der Waals surface area contributed by atoms with E-state index in [-0.39, 0.29) is 17.6 Å². The Morgan fingerprint density at radius 2 is 1.78 bits per heavy atom. The van der Waals surface area contributed by atoms with Gasteiger partial charge in [0, 0.05) is 18.6 Å². The van der Waals surface area contributed by atoms with Gasteiger partial charge in [-0.15, -0.1) is 0 Å². The molecule has 0 aromatic carbocycles. The smallest absolute Gasteiger partial charge is 0.186 e. The minimum Gasteiger partial charge on any atom is -0.394 e. The molecule has 0 bridgehead atoms. The Morgan fingerprint density at radius 3 is 2.54 bits per heavy atom. The standard InChI is InChI=1S/C33H53NO7/c1-16-11-24(36)27-17(2)26-23(34(27)14-16)13-22-20-6-5-18-12-19(7-9-32(18,3)21(20)8-10-33(22,26)4)40-31-30(39)29(38)28(37)25(15-35)41-31/h5,16-17,19-31,35-39H,6-15H2,1-4H3/t16-,17-,19-,20+,21-,22-,23-,24-,25+,26-,27-,28+,29-,30+,31+,32-,33-/m0/s1. The molecule has 0 radical (unpaired) electrons. The maximum Gasteiger partial charge on any atom is 0.186 e. The van der Waals surface area contributed by atoms with Gasteiger partial charge in [0.1, 0.15) is 24.4 Å². The van der Waals surface area contributed by atoms with Crippen LogP contribution in [0.4, 0.5) is 0 Å². The molecule has 3 saturated heterocycles. The fourth-order valence-corrected chi connectivity index (χ4v) is 12.0. The van der Waals surface area contributed by atoms with Crippen molar-refractivity contribution in [2.45, 2.75) is 134 Å². The molecule has 3 heterocycles. The fraction of sp³-hybridized carbons (Fsp3) is 0.939. The maximum atomic E-state index is 11.1. The summed E-state index contributed by atoms with van der Waals surface area (Å²) in [5.74, 6) is 3.90. The third-order valence-corrected chi connectivity index (χ3v) is 13.8. The summed E-state index contributed by atoms with van der Waals surface area (Å²) >= 11 is 0. The Kier molecular flexibility index (Phi) is 7.27. The Balaban J connectivity index is 1.08. The van der Waals surface area contributed by atoms with Crippen LogP contribution in [0.2, 0.25) is 0 Å². The van der Waals surface area contributed by atoms with Crippen LogP contribution in [0, 0.1) is 46.3 Å². The Labute approximate surface area is 245 Å². The van der Waals surface area contributed by atoms with E-state index in [1.165, 1.54) is 24.8 Å². The molecule has 7 aliphatic rings. The summed E-state index contributed by atoms with van der Waals surface area (Å²) in [6, 6.07) is 0.952. The summed E-state index contributed by atoms with van der Waals surface area (Å²) in [5.41, 5.74) is 1.97. The second-order valence-electron chi connectivity index (χ2n) is 15.8. The van der Waals surface area contributed by atoms with Crippen molar-refractivity contribution in [1.29, 1.82) is 0 Å². The van der Waals surface area contributed by atoms with E-state index in [1.807, 2.05) is 0 Å². The highest BCUT2D eigenvalue weighted by atomic mass is 16.7. The van der Waals surface area contributed by atoms with Crippen LogP contribution in [0.15, 0.2) is 11.6 Å². The van der Waals surface area contributed by atoms with Gasteiger partial charge in [-0.25, -0.2) is 0 Å². The van der Waals surface area contributed by atoms with Crippen LogP contribution in [0.25, 0.3) is 0 Å². The molecule has 8 heteroatoms. The third-order valence-electron chi connectivity index (χ3n) is 13.8. The second-order valence-corrected chi connectivity index (χ2v) is 15.8. The van der Waals surface area contributed by atoms with Crippen LogP contribution in [0.5, 0.6) is 0 Å². The van der Waals surface area contributed by atoms with Gasteiger partial charge in [0.25, 0.3) is 0 Å². The number of ether oxygens (including phenoxy) is 2. The van der Waals surface area contributed by atoms with E-state index in [1.54, 1.807) is 0 Å². The van der Waals surface area contributed by atoms with Gasteiger partial charge < -0.3 is 35.0 Å². The van der Waals surface area contributed by atoms with Gasteiger partial charge in [-0.1, -0.05) is 39.3 Å². The normalized spacial score (nSPS) is 58.6. The highest BCUT2D eigenvalue weighted by Gasteiger charge is 2.67. The molecule has 8 nitrogen and oxygen atoms in total. The monoisotopic (exact) mass is 575 g/mol. The summed E-state index contributed by atoms with van der Waals surface area (Å²) in [6.45, 7) is 10.5. The zero-order chi connectivity index (χ0) is 29.0. The summed E-state index contributed by atoms with van der Waals surface area (Å²) in [5, 5.41) is 51.5. The first-order valence-corrected chi connectivity index (χ1v) is 16.6. The Morgan fingerprint density at radius 1 is 1.00 bits per heavy atom. The van der Waals surface area contributed by atoms with Gasteiger partial charge in [0.05, 0.1) is 18.8 Å². The molecule has 17 atom stereocenters. The molecule has 0 amide bonds. The first-order valence-electron chi connectivity index (χ1n) is 16.6. The quantitative estimate of drug-likeness (QED) is 0.326. The van der Waals surface area contributed by atoms with E-state index in [0.29, 0.717) is 47.1 Å². The molecule has 41 heavy (non-hydrogen) atoms. The fourth-order valence-electron chi connectivity index (χ4n) is 12.0. The lowest BCUT2D eigenvalue weighted by Gasteiger charge is -2.58. The molecule has 0 aromatic rings. The SMILES string of the molecule is C[C@H]1C[C@H](O)[C@@H]2[C@@H](C)[C@H]3[C@H](C[C@H]4[C@@H]5CC=C6C[C@@H](O[C@@H]7O[C@H](CO)[C@@H](O)[C@H](O)[C@H]7O)CC[C@]6(C)[C@H]5CC[C@]34C)N2C1. The molecule has 7 rings (SSSR count). The van der Waals surface area contributed by atoms with Gasteiger partial charge in [0.15, 0.2) is 6.29 Å². The minimum absolute atomic E-state index is 0.127. The maximum absolute atomic E-state index is 11.1. The van der Waals surface area contributed by atoms with Crippen molar-refractivity contribution < 1.29 is 35.0 Å². The molecule has 3 aliphatic heterocycles.